The molecule has 2 aromatic carbocycles. The molecule has 8 heteroatoms. The van der Waals surface area contributed by atoms with Crippen molar-refractivity contribution in [3.8, 4) is 11.5 Å². The van der Waals surface area contributed by atoms with Crippen LogP contribution < -0.4 is 0 Å². The summed E-state index contributed by atoms with van der Waals surface area (Å²) in [7, 11) is 0. The highest BCUT2D eigenvalue weighted by Crippen LogP contribution is 2.27. The zero-order chi connectivity index (χ0) is 22.3. The molecule has 1 aromatic heterocycles. The van der Waals surface area contributed by atoms with E-state index >= 15 is 0 Å². The molecule has 168 valence electrons. The number of likely N-dealkylation sites (tertiary alicyclic amines) is 1. The fourth-order valence-corrected chi connectivity index (χ4v) is 4.22. The van der Waals surface area contributed by atoms with E-state index in [-0.39, 0.29) is 17.4 Å². The Labute approximate surface area is 187 Å². The lowest BCUT2D eigenvalue weighted by Gasteiger charge is -2.32. The molecule has 0 amide bonds. The van der Waals surface area contributed by atoms with Gasteiger partial charge in [0.2, 0.25) is 5.82 Å². The van der Waals surface area contributed by atoms with Crippen molar-refractivity contribution >= 4 is 5.69 Å². The van der Waals surface area contributed by atoms with Gasteiger partial charge in [-0.1, -0.05) is 48.3 Å². The molecule has 1 aliphatic rings. The molecule has 0 saturated carbocycles. The molecule has 32 heavy (non-hydrogen) atoms. The van der Waals surface area contributed by atoms with E-state index in [1.807, 2.05) is 0 Å². The number of nitrogens with zero attached hydrogens (tertiary/aromatic N) is 4. The molecule has 8 nitrogen and oxygen atoms in total. The largest absolute Gasteiger partial charge is 0.385 e. The molecule has 0 bridgehead atoms. The Morgan fingerprint density at radius 3 is 2.53 bits per heavy atom. The molecular formula is C24H28N4O4. The van der Waals surface area contributed by atoms with Crippen molar-refractivity contribution in [2.24, 2.45) is 5.92 Å². The van der Waals surface area contributed by atoms with E-state index in [2.05, 4.69) is 45.4 Å². The second-order valence-corrected chi connectivity index (χ2v) is 8.41. The third-order valence-electron chi connectivity index (χ3n) is 6.11. The first-order chi connectivity index (χ1) is 15.6. The zero-order valence-electron chi connectivity index (χ0n) is 18.0. The maximum absolute atomic E-state index is 10.8. The molecule has 2 heterocycles. The molecule has 1 fully saturated rings. The van der Waals surface area contributed by atoms with Crippen LogP contribution in [0, 0.1) is 16.0 Å². The molecule has 1 N–H and O–H groups in total. The van der Waals surface area contributed by atoms with Gasteiger partial charge >= 0.3 is 0 Å². The Morgan fingerprint density at radius 2 is 1.84 bits per heavy atom. The van der Waals surface area contributed by atoms with E-state index in [0.29, 0.717) is 17.9 Å². The molecule has 1 aliphatic heterocycles. The summed E-state index contributed by atoms with van der Waals surface area (Å²) in [5.41, 5.74) is 1.95. The summed E-state index contributed by atoms with van der Waals surface area (Å²) in [6.45, 7) is 3.25. The maximum Gasteiger partial charge on any atom is 0.269 e. The lowest BCUT2D eigenvalue weighted by Crippen LogP contribution is -2.33. The van der Waals surface area contributed by atoms with E-state index in [4.69, 9.17) is 4.52 Å². The summed E-state index contributed by atoms with van der Waals surface area (Å²) in [5, 5.41) is 25.1. The van der Waals surface area contributed by atoms with Crippen molar-refractivity contribution in [1.82, 2.24) is 15.0 Å². The molecule has 3 aromatic rings. The predicted molar refractivity (Wildman–Crippen MR) is 120 cm³/mol. The van der Waals surface area contributed by atoms with Gasteiger partial charge in [-0.2, -0.15) is 4.98 Å². The van der Waals surface area contributed by atoms with Gasteiger partial charge in [-0.05, 0) is 56.0 Å². The third kappa shape index (κ3) is 5.77. The number of nitro groups is 1. The van der Waals surface area contributed by atoms with Crippen LogP contribution in [0.3, 0.4) is 0 Å². The highest BCUT2D eigenvalue weighted by molar-refractivity contribution is 5.55. The van der Waals surface area contributed by atoms with E-state index in [1.54, 1.807) is 12.1 Å². The second kappa shape index (κ2) is 10.5. The highest BCUT2D eigenvalue weighted by Gasteiger charge is 2.21. The summed E-state index contributed by atoms with van der Waals surface area (Å²) < 4.78 is 5.23. The van der Waals surface area contributed by atoms with Gasteiger partial charge in [-0.3, -0.25) is 15.0 Å². The molecule has 0 spiro atoms. The molecule has 1 unspecified atom stereocenters. The number of hydrogen-bond donors (Lipinski definition) is 1. The number of non-ortho nitro benzene ring substituents is 1. The molecule has 1 atom stereocenters. The fourth-order valence-electron chi connectivity index (χ4n) is 4.22. The van der Waals surface area contributed by atoms with Gasteiger partial charge in [0.05, 0.1) is 4.92 Å². The van der Waals surface area contributed by atoms with Crippen LogP contribution in [0.25, 0.3) is 11.5 Å². The minimum absolute atomic E-state index is 0.000535. The summed E-state index contributed by atoms with van der Waals surface area (Å²) in [5.74, 6) is 1.20. The van der Waals surface area contributed by atoms with Crippen LogP contribution in [-0.4, -0.2) is 38.2 Å². The summed E-state index contributed by atoms with van der Waals surface area (Å²) in [4.78, 5) is 17.1. The lowest BCUT2D eigenvalue weighted by molar-refractivity contribution is -0.384. The Morgan fingerprint density at radius 1 is 1.12 bits per heavy atom. The number of piperidine rings is 1. The van der Waals surface area contributed by atoms with E-state index in [1.165, 1.54) is 30.5 Å². The maximum atomic E-state index is 10.8. The Kier molecular flexibility index (Phi) is 7.24. The van der Waals surface area contributed by atoms with Crippen molar-refractivity contribution in [3.05, 3.63) is 76.1 Å². The van der Waals surface area contributed by atoms with E-state index in [0.717, 1.165) is 32.5 Å². The monoisotopic (exact) mass is 436 g/mol. The first kappa shape index (κ1) is 22.1. The van der Waals surface area contributed by atoms with Gasteiger partial charge in [-0.25, -0.2) is 0 Å². The second-order valence-electron chi connectivity index (χ2n) is 8.41. The van der Waals surface area contributed by atoms with Crippen molar-refractivity contribution < 1.29 is 14.6 Å². The van der Waals surface area contributed by atoms with Crippen molar-refractivity contribution in [2.45, 2.75) is 44.8 Å². The predicted octanol–water partition coefficient (Wildman–Crippen LogP) is 4.76. The highest BCUT2D eigenvalue weighted by atomic mass is 16.6. The van der Waals surface area contributed by atoms with Gasteiger partial charge in [0.25, 0.3) is 11.6 Å². The zero-order valence-corrected chi connectivity index (χ0v) is 18.0. The first-order valence-corrected chi connectivity index (χ1v) is 11.1. The number of aliphatic hydroxyl groups excluding tert-OH is 1. The van der Waals surface area contributed by atoms with Crippen LogP contribution in [0.15, 0.2) is 59.1 Å². The minimum Gasteiger partial charge on any atom is -0.385 e. The molecule has 0 aliphatic carbocycles. The summed E-state index contributed by atoms with van der Waals surface area (Å²) in [6, 6.07) is 16.5. The smallest absolute Gasteiger partial charge is 0.269 e. The Balaban J connectivity index is 1.19. The van der Waals surface area contributed by atoms with Crippen molar-refractivity contribution in [3.63, 3.8) is 0 Å². The van der Waals surface area contributed by atoms with Crippen LogP contribution in [-0.2, 0) is 6.54 Å². The normalized spacial score (nSPS) is 16.2. The number of nitro benzene ring substituents is 1. The molecule has 4 rings (SSSR count). The number of rotatable bonds is 9. The van der Waals surface area contributed by atoms with Crippen molar-refractivity contribution in [1.29, 1.82) is 0 Å². The average molecular weight is 437 g/mol. The molecular weight excluding hydrogens is 408 g/mol. The van der Waals surface area contributed by atoms with Crippen molar-refractivity contribution in [2.75, 3.05) is 13.1 Å². The fraction of sp³-hybridized carbons (Fsp3) is 0.417. The van der Waals surface area contributed by atoms with Crippen LogP contribution >= 0.6 is 0 Å². The van der Waals surface area contributed by atoms with Gasteiger partial charge in [-0.15, -0.1) is 0 Å². The number of benzene rings is 2. The number of hydrogen-bond acceptors (Lipinski definition) is 7. The quantitative estimate of drug-likeness (QED) is 0.381. The Bertz CT molecular complexity index is 998. The number of aliphatic hydroxyl groups is 1. The first-order valence-electron chi connectivity index (χ1n) is 11.1. The van der Waals surface area contributed by atoms with Crippen LogP contribution in [0.1, 0.15) is 49.6 Å². The van der Waals surface area contributed by atoms with Gasteiger partial charge in [0, 0.05) is 24.2 Å². The average Bonchev–Trinajstić information content (AvgIpc) is 3.31. The van der Waals surface area contributed by atoms with E-state index in [9.17, 15) is 15.2 Å². The lowest BCUT2D eigenvalue weighted by atomic mass is 9.91. The van der Waals surface area contributed by atoms with Gasteiger partial charge in [0.15, 0.2) is 0 Å². The SMILES string of the molecule is O=[N+]([O-])c1ccc(-c2nc(C(O)CCCC3CCN(Cc4ccccc4)CC3)no2)cc1. The summed E-state index contributed by atoms with van der Waals surface area (Å²) >= 11 is 0. The topological polar surface area (TPSA) is 106 Å². The van der Waals surface area contributed by atoms with Crippen LogP contribution in [0.2, 0.25) is 0 Å². The Hall–Kier alpha value is -3.10. The van der Waals surface area contributed by atoms with E-state index < -0.39 is 11.0 Å². The molecule has 0 radical (unpaired) electrons. The van der Waals surface area contributed by atoms with Gasteiger partial charge < -0.3 is 9.63 Å². The summed E-state index contributed by atoms with van der Waals surface area (Å²) in [6.07, 6.45) is 4.19. The molecule has 1 saturated heterocycles. The number of aromatic nitrogens is 2. The van der Waals surface area contributed by atoms with Gasteiger partial charge in [0.1, 0.15) is 6.10 Å². The van der Waals surface area contributed by atoms with Crippen LogP contribution in [0.5, 0.6) is 0 Å². The third-order valence-corrected chi connectivity index (χ3v) is 6.11. The minimum atomic E-state index is -0.774. The van der Waals surface area contributed by atoms with Crippen LogP contribution in [0.4, 0.5) is 5.69 Å². The standard InChI is InChI=1S/C24H28N4O4/c29-22(23-25-24(32-26-23)20-9-11-21(12-10-20)28(30)31)8-4-7-18-13-15-27(16-14-18)17-19-5-2-1-3-6-19/h1-3,5-6,9-12,18,22,29H,4,7-8,13-17H2.